The van der Waals surface area contributed by atoms with Crippen LogP contribution >= 0.6 is 0 Å². The number of H-pyrrole nitrogens is 1. The normalized spacial score (nSPS) is 11.9. The molecule has 0 unspecified atom stereocenters. The molecule has 90 valence electrons. The number of sulfonamides is 1. The molecule has 0 fully saturated rings. The van der Waals surface area contributed by atoms with Gasteiger partial charge < -0.3 is 4.98 Å². The van der Waals surface area contributed by atoms with Crippen molar-refractivity contribution in [2.45, 2.75) is 18.7 Å². The van der Waals surface area contributed by atoms with Crippen LogP contribution < -0.4 is 5.14 Å². The number of fused-ring (bicyclic) bond motifs is 1. The summed E-state index contributed by atoms with van der Waals surface area (Å²) in [4.78, 5) is 14.5. The molecular formula is C11H12N2O3S. The number of nitrogens with two attached hydrogens (primary N) is 1. The molecule has 0 atom stereocenters. The number of benzene rings is 1. The van der Waals surface area contributed by atoms with Gasteiger partial charge in [-0.25, -0.2) is 13.6 Å². The lowest BCUT2D eigenvalue weighted by Crippen LogP contribution is -2.11. The fourth-order valence-electron chi connectivity index (χ4n) is 1.94. The van der Waals surface area contributed by atoms with Gasteiger partial charge in [-0.3, -0.25) is 4.79 Å². The van der Waals surface area contributed by atoms with Crippen molar-refractivity contribution in [2.75, 3.05) is 0 Å². The Bertz CT molecular complexity index is 714. The molecule has 1 heterocycles. The van der Waals surface area contributed by atoms with E-state index in [4.69, 9.17) is 5.14 Å². The summed E-state index contributed by atoms with van der Waals surface area (Å²) in [5.41, 5.74) is 1.95. The highest BCUT2D eigenvalue weighted by atomic mass is 32.2. The lowest BCUT2D eigenvalue weighted by Gasteiger charge is -1.99. The molecule has 0 spiro atoms. The van der Waals surface area contributed by atoms with E-state index in [1.807, 2.05) is 0 Å². The number of hydrogen-bond acceptors (Lipinski definition) is 3. The summed E-state index contributed by atoms with van der Waals surface area (Å²) in [5.74, 6) is -0.111. The number of carbonyl (C=O) groups is 1. The molecule has 3 N–H and O–H groups in total. The molecule has 0 aliphatic rings. The number of nitrogens with one attached hydrogen (secondary N) is 1. The van der Waals surface area contributed by atoms with Crippen molar-refractivity contribution in [1.82, 2.24) is 4.98 Å². The number of Topliss-reactive ketones (excluding diaryl/α,β-unsaturated/α-hetero) is 1. The van der Waals surface area contributed by atoms with Crippen molar-refractivity contribution in [2.24, 2.45) is 5.14 Å². The van der Waals surface area contributed by atoms with E-state index in [1.165, 1.54) is 19.1 Å². The van der Waals surface area contributed by atoms with Crippen molar-refractivity contribution < 1.29 is 13.2 Å². The molecule has 0 bridgehead atoms. The Morgan fingerprint density at radius 1 is 1.35 bits per heavy atom. The van der Waals surface area contributed by atoms with Gasteiger partial charge in [-0.05, 0) is 32.0 Å². The average Bonchev–Trinajstić information content (AvgIpc) is 2.50. The van der Waals surface area contributed by atoms with Gasteiger partial charge in [0.25, 0.3) is 0 Å². The summed E-state index contributed by atoms with van der Waals surface area (Å²) in [6, 6.07) is 4.44. The predicted molar refractivity (Wildman–Crippen MR) is 64.4 cm³/mol. The van der Waals surface area contributed by atoms with Gasteiger partial charge in [0.2, 0.25) is 10.0 Å². The van der Waals surface area contributed by atoms with Gasteiger partial charge in [0.1, 0.15) is 0 Å². The zero-order chi connectivity index (χ0) is 12.8. The minimum atomic E-state index is -3.75. The van der Waals surface area contributed by atoms with E-state index in [0.29, 0.717) is 10.9 Å². The van der Waals surface area contributed by atoms with Crippen molar-refractivity contribution in [3.05, 3.63) is 29.5 Å². The fourth-order valence-corrected chi connectivity index (χ4v) is 2.48. The Balaban J connectivity index is 2.84. The molecule has 17 heavy (non-hydrogen) atoms. The topological polar surface area (TPSA) is 93.0 Å². The van der Waals surface area contributed by atoms with Crippen LogP contribution in [0.1, 0.15) is 23.0 Å². The number of aromatic nitrogens is 1. The highest BCUT2D eigenvalue weighted by Gasteiger charge is 2.15. The minimum Gasteiger partial charge on any atom is -0.358 e. The summed E-state index contributed by atoms with van der Waals surface area (Å²) in [6.45, 7) is 3.21. The maximum Gasteiger partial charge on any atom is 0.238 e. The Kier molecular flexibility index (Phi) is 2.56. The molecule has 2 aromatic rings. The first-order chi connectivity index (χ1) is 7.80. The third-order valence-electron chi connectivity index (χ3n) is 2.64. The van der Waals surface area contributed by atoms with Gasteiger partial charge in [0, 0.05) is 22.2 Å². The Labute approximate surface area is 98.7 Å². The molecule has 5 nitrogen and oxygen atoms in total. The van der Waals surface area contributed by atoms with Crippen LogP contribution in [0, 0.1) is 6.92 Å². The largest absolute Gasteiger partial charge is 0.358 e. The van der Waals surface area contributed by atoms with E-state index in [9.17, 15) is 13.2 Å². The molecule has 6 heteroatoms. The summed E-state index contributed by atoms with van der Waals surface area (Å²) >= 11 is 0. The molecule has 1 aromatic carbocycles. The highest BCUT2D eigenvalue weighted by Crippen LogP contribution is 2.25. The van der Waals surface area contributed by atoms with E-state index in [2.05, 4.69) is 4.98 Å². The number of hydrogen-bond donors (Lipinski definition) is 2. The van der Waals surface area contributed by atoms with Gasteiger partial charge in [-0.15, -0.1) is 0 Å². The van der Waals surface area contributed by atoms with Crippen LogP contribution in [0.5, 0.6) is 0 Å². The van der Waals surface area contributed by atoms with E-state index in [-0.39, 0.29) is 10.7 Å². The van der Waals surface area contributed by atoms with E-state index >= 15 is 0 Å². The van der Waals surface area contributed by atoms with Crippen LogP contribution in [-0.2, 0) is 10.0 Å². The van der Waals surface area contributed by atoms with Gasteiger partial charge in [-0.1, -0.05) is 0 Å². The second kappa shape index (κ2) is 3.68. The second-order valence-corrected chi connectivity index (χ2v) is 5.50. The quantitative estimate of drug-likeness (QED) is 0.789. The fraction of sp³-hybridized carbons (Fsp3) is 0.182. The molecule has 0 aliphatic heterocycles. The smallest absolute Gasteiger partial charge is 0.238 e. The summed E-state index contributed by atoms with van der Waals surface area (Å²) in [5, 5.41) is 5.64. The van der Waals surface area contributed by atoms with Crippen LogP contribution in [0.15, 0.2) is 23.1 Å². The van der Waals surface area contributed by atoms with E-state index < -0.39 is 10.0 Å². The van der Waals surface area contributed by atoms with Gasteiger partial charge in [0.15, 0.2) is 5.78 Å². The molecule has 0 aliphatic carbocycles. The maximum atomic E-state index is 11.5. The van der Waals surface area contributed by atoms with Crippen LogP contribution in [-0.4, -0.2) is 19.2 Å². The van der Waals surface area contributed by atoms with Crippen molar-refractivity contribution >= 4 is 26.7 Å². The van der Waals surface area contributed by atoms with Crippen LogP contribution in [0.2, 0.25) is 0 Å². The standard InChI is InChI=1S/C11H12N2O3S/c1-6-11(7(2)14)9-5-8(17(12,15)16)3-4-10(9)13-6/h3-5,13H,1-2H3,(H2,12,15,16). The second-order valence-electron chi connectivity index (χ2n) is 3.93. The Hall–Kier alpha value is -1.66. The summed E-state index contributed by atoms with van der Waals surface area (Å²) in [7, 11) is -3.75. The Morgan fingerprint density at radius 3 is 2.53 bits per heavy atom. The van der Waals surface area contributed by atoms with E-state index in [1.54, 1.807) is 13.0 Å². The summed E-state index contributed by atoms with van der Waals surface area (Å²) in [6.07, 6.45) is 0. The first-order valence-corrected chi connectivity index (χ1v) is 6.51. The molecule has 0 saturated carbocycles. The van der Waals surface area contributed by atoms with E-state index in [0.717, 1.165) is 11.2 Å². The number of rotatable bonds is 2. The number of ketones is 1. The maximum absolute atomic E-state index is 11.5. The first-order valence-electron chi connectivity index (χ1n) is 4.97. The van der Waals surface area contributed by atoms with Crippen molar-refractivity contribution in [3.63, 3.8) is 0 Å². The number of aromatic amines is 1. The SMILES string of the molecule is CC(=O)c1c(C)[nH]c2ccc(S(N)(=O)=O)cc12. The van der Waals surface area contributed by atoms with Crippen molar-refractivity contribution in [1.29, 1.82) is 0 Å². The molecule has 0 saturated heterocycles. The molecular weight excluding hydrogens is 240 g/mol. The van der Waals surface area contributed by atoms with Crippen LogP contribution in [0.25, 0.3) is 10.9 Å². The highest BCUT2D eigenvalue weighted by molar-refractivity contribution is 7.89. The third-order valence-corrected chi connectivity index (χ3v) is 3.55. The number of carbonyl (C=O) groups excluding carboxylic acids is 1. The molecule has 2 rings (SSSR count). The number of primary sulfonamides is 1. The van der Waals surface area contributed by atoms with Crippen LogP contribution in [0.3, 0.4) is 0 Å². The van der Waals surface area contributed by atoms with Gasteiger partial charge in [0.05, 0.1) is 4.90 Å². The van der Waals surface area contributed by atoms with Crippen LogP contribution in [0.4, 0.5) is 0 Å². The molecule has 0 amide bonds. The lowest BCUT2D eigenvalue weighted by molar-refractivity contribution is 0.101. The zero-order valence-electron chi connectivity index (χ0n) is 9.44. The Morgan fingerprint density at radius 2 is 2.00 bits per heavy atom. The molecule has 0 radical (unpaired) electrons. The third kappa shape index (κ3) is 1.96. The zero-order valence-corrected chi connectivity index (χ0v) is 10.3. The molecule has 1 aromatic heterocycles. The van der Waals surface area contributed by atoms with Gasteiger partial charge >= 0.3 is 0 Å². The average molecular weight is 252 g/mol. The van der Waals surface area contributed by atoms with Crippen molar-refractivity contribution in [3.8, 4) is 0 Å². The minimum absolute atomic E-state index is 0.00602. The van der Waals surface area contributed by atoms with Gasteiger partial charge in [-0.2, -0.15) is 0 Å². The monoisotopic (exact) mass is 252 g/mol. The summed E-state index contributed by atoms with van der Waals surface area (Å²) < 4.78 is 22.5. The first kappa shape index (κ1) is 11.8. The predicted octanol–water partition coefficient (Wildman–Crippen LogP) is 1.33. The lowest BCUT2D eigenvalue weighted by atomic mass is 10.1. The number of aryl methyl sites for hydroxylation is 1.